The second-order valence-electron chi connectivity index (χ2n) is 7.99. The van der Waals surface area contributed by atoms with Crippen LogP contribution in [0.25, 0.3) is 5.69 Å². The highest BCUT2D eigenvalue weighted by atomic mass is 16.2. The summed E-state index contributed by atoms with van der Waals surface area (Å²) in [6.07, 6.45) is 7.09. The Morgan fingerprint density at radius 3 is 2.90 bits per heavy atom. The average molecular weight is 396 g/mol. The van der Waals surface area contributed by atoms with Gasteiger partial charge in [0.05, 0.1) is 11.7 Å². The number of nitrogens with one attached hydrogen (secondary N) is 2. The number of amides is 2. The number of rotatable bonds is 5. The highest BCUT2D eigenvalue weighted by Gasteiger charge is 2.27. The Balaban J connectivity index is 1.36. The molecule has 0 aliphatic carbocycles. The van der Waals surface area contributed by atoms with Gasteiger partial charge in [-0.2, -0.15) is 5.10 Å². The van der Waals surface area contributed by atoms with Gasteiger partial charge < -0.3 is 15.5 Å². The summed E-state index contributed by atoms with van der Waals surface area (Å²) in [5, 5.41) is 10.4. The Morgan fingerprint density at radius 1 is 1.28 bits per heavy atom. The lowest BCUT2D eigenvalue weighted by Gasteiger charge is -2.33. The number of carbonyl (C=O) groups is 2. The van der Waals surface area contributed by atoms with Crippen molar-refractivity contribution in [2.45, 2.75) is 38.6 Å². The Kier molecular flexibility index (Phi) is 5.89. The van der Waals surface area contributed by atoms with Crippen LogP contribution in [0.4, 0.5) is 0 Å². The second-order valence-corrected chi connectivity index (χ2v) is 7.99. The minimum absolute atomic E-state index is 0.0533. The van der Waals surface area contributed by atoms with Crippen molar-refractivity contribution in [1.82, 2.24) is 30.3 Å². The zero-order valence-corrected chi connectivity index (χ0v) is 16.8. The van der Waals surface area contributed by atoms with Crippen molar-refractivity contribution in [2.75, 3.05) is 26.2 Å². The summed E-state index contributed by atoms with van der Waals surface area (Å²) < 4.78 is 1.68. The minimum Gasteiger partial charge on any atom is -0.354 e. The van der Waals surface area contributed by atoms with Gasteiger partial charge >= 0.3 is 0 Å². The summed E-state index contributed by atoms with van der Waals surface area (Å²) in [6.45, 7) is 4.94. The molecule has 154 valence electrons. The maximum atomic E-state index is 13.1. The van der Waals surface area contributed by atoms with Gasteiger partial charge in [-0.05, 0) is 68.8 Å². The molecular formula is C21H28N6O2. The van der Waals surface area contributed by atoms with Crippen molar-refractivity contribution in [1.29, 1.82) is 0 Å². The van der Waals surface area contributed by atoms with E-state index < -0.39 is 0 Å². The fourth-order valence-electron chi connectivity index (χ4n) is 4.23. The van der Waals surface area contributed by atoms with Gasteiger partial charge in [0.25, 0.3) is 5.91 Å². The number of benzene rings is 1. The molecule has 2 atom stereocenters. The van der Waals surface area contributed by atoms with Crippen LogP contribution >= 0.6 is 0 Å². The maximum Gasteiger partial charge on any atom is 0.254 e. The van der Waals surface area contributed by atoms with E-state index in [9.17, 15) is 9.59 Å². The lowest BCUT2D eigenvalue weighted by atomic mass is 9.96. The first-order valence-corrected chi connectivity index (χ1v) is 10.4. The molecule has 2 N–H and O–H groups in total. The Morgan fingerprint density at radius 2 is 2.17 bits per heavy atom. The molecule has 2 amide bonds. The van der Waals surface area contributed by atoms with Crippen molar-refractivity contribution in [2.24, 2.45) is 5.92 Å². The van der Waals surface area contributed by atoms with E-state index in [4.69, 9.17) is 0 Å². The monoisotopic (exact) mass is 396 g/mol. The quantitative estimate of drug-likeness (QED) is 0.795. The lowest BCUT2D eigenvalue weighted by molar-refractivity contribution is -0.123. The molecule has 8 nitrogen and oxygen atoms in total. The van der Waals surface area contributed by atoms with Gasteiger partial charge in [0.1, 0.15) is 12.7 Å². The Hall–Kier alpha value is -2.74. The topological polar surface area (TPSA) is 92.2 Å². The van der Waals surface area contributed by atoms with Crippen LogP contribution in [0.15, 0.2) is 30.9 Å². The van der Waals surface area contributed by atoms with Crippen LogP contribution in [0.1, 0.15) is 41.6 Å². The van der Waals surface area contributed by atoms with Crippen LogP contribution in [0, 0.1) is 12.8 Å². The first-order valence-electron chi connectivity index (χ1n) is 10.4. The van der Waals surface area contributed by atoms with E-state index in [2.05, 4.69) is 20.7 Å². The SMILES string of the molecule is Cc1cc(-n2cncn2)ccc1C(=O)N1CCCC(CNC(=O)C2CCCN2)C1. The molecule has 2 aliphatic heterocycles. The van der Waals surface area contributed by atoms with E-state index in [0.717, 1.165) is 50.0 Å². The van der Waals surface area contributed by atoms with Crippen molar-refractivity contribution in [3.8, 4) is 5.69 Å². The summed E-state index contributed by atoms with van der Waals surface area (Å²) >= 11 is 0. The predicted octanol–water partition coefficient (Wildman–Crippen LogP) is 1.30. The van der Waals surface area contributed by atoms with Gasteiger partial charge in [-0.15, -0.1) is 0 Å². The average Bonchev–Trinajstić information content (AvgIpc) is 3.46. The van der Waals surface area contributed by atoms with E-state index in [0.29, 0.717) is 24.6 Å². The number of hydrogen-bond acceptors (Lipinski definition) is 5. The van der Waals surface area contributed by atoms with E-state index >= 15 is 0 Å². The number of aryl methyl sites for hydroxylation is 1. The van der Waals surface area contributed by atoms with Crippen molar-refractivity contribution < 1.29 is 9.59 Å². The number of likely N-dealkylation sites (tertiary alicyclic amines) is 1. The molecule has 0 radical (unpaired) electrons. The van der Waals surface area contributed by atoms with Crippen LogP contribution in [0.2, 0.25) is 0 Å². The highest BCUT2D eigenvalue weighted by Crippen LogP contribution is 2.21. The van der Waals surface area contributed by atoms with Gasteiger partial charge in [0, 0.05) is 25.2 Å². The number of piperidine rings is 1. The fourth-order valence-corrected chi connectivity index (χ4v) is 4.23. The summed E-state index contributed by atoms with van der Waals surface area (Å²) in [6, 6.07) is 5.66. The van der Waals surface area contributed by atoms with E-state index in [1.165, 1.54) is 6.33 Å². The first kappa shape index (κ1) is 19.6. The second kappa shape index (κ2) is 8.73. The number of aromatic nitrogens is 3. The van der Waals surface area contributed by atoms with Crippen molar-refractivity contribution in [3.63, 3.8) is 0 Å². The fraction of sp³-hybridized carbons (Fsp3) is 0.524. The summed E-state index contributed by atoms with van der Waals surface area (Å²) in [5.74, 6) is 0.444. The Bertz CT molecular complexity index is 860. The third-order valence-corrected chi connectivity index (χ3v) is 5.87. The van der Waals surface area contributed by atoms with Crippen LogP contribution in [0.5, 0.6) is 0 Å². The molecule has 2 saturated heterocycles. The molecule has 1 aromatic heterocycles. The van der Waals surface area contributed by atoms with E-state index in [1.807, 2.05) is 30.0 Å². The van der Waals surface area contributed by atoms with Crippen molar-refractivity contribution in [3.05, 3.63) is 42.0 Å². The molecule has 8 heteroatoms. The lowest BCUT2D eigenvalue weighted by Crippen LogP contribution is -2.46. The molecule has 2 aromatic rings. The van der Waals surface area contributed by atoms with Gasteiger partial charge in [-0.25, -0.2) is 9.67 Å². The molecule has 2 fully saturated rings. The van der Waals surface area contributed by atoms with Gasteiger partial charge in [-0.3, -0.25) is 9.59 Å². The third-order valence-electron chi connectivity index (χ3n) is 5.87. The molecule has 0 bridgehead atoms. The van der Waals surface area contributed by atoms with Crippen LogP contribution in [-0.2, 0) is 4.79 Å². The minimum atomic E-state index is -0.0533. The van der Waals surface area contributed by atoms with Crippen molar-refractivity contribution >= 4 is 11.8 Å². The molecule has 1 aromatic carbocycles. The Labute approximate surface area is 170 Å². The van der Waals surface area contributed by atoms with Gasteiger partial charge in [0.15, 0.2) is 0 Å². The maximum absolute atomic E-state index is 13.1. The zero-order valence-electron chi connectivity index (χ0n) is 16.8. The standard InChI is InChI=1S/C21H28N6O2/c1-15-10-17(27-14-22-13-25-27)6-7-18(15)21(29)26-9-3-4-16(12-26)11-24-20(28)19-5-2-8-23-19/h6-7,10,13-14,16,19,23H,2-5,8-9,11-12H2,1H3,(H,24,28). The largest absolute Gasteiger partial charge is 0.354 e. The van der Waals surface area contributed by atoms with Gasteiger partial charge in [-0.1, -0.05) is 0 Å². The summed E-state index contributed by atoms with van der Waals surface area (Å²) in [7, 11) is 0. The van der Waals surface area contributed by atoms with Crippen LogP contribution in [-0.4, -0.2) is 63.7 Å². The molecule has 3 heterocycles. The predicted molar refractivity (Wildman–Crippen MR) is 109 cm³/mol. The molecule has 2 aliphatic rings. The number of nitrogens with zero attached hydrogens (tertiary/aromatic N) is 4. The zero-order chi connectivity index (χ0) is 20.2. The molecule has 0 saturated carbocycles. The van der Waals surface area contributed by atoms with Crippen LogP contribution < -0.4 is 10.6 Å². The van der Waals surface area contributed by atoms with Gasteiger partial charge in [0.2, 0.25) is 5.91 Å². The molecule has 4 rings (SSSR count). The van der Waals surface area contributed by atoms with E-state index in [-0.39, 0.29) is 17.9 Å². The van der Waals surface area contributed by atoms with E-state index in [1.54, 1.807) is 11.0 Å². The third kappa shape index (κ3) is 4.48. The summed E-state index contributed by atoms with van der Waals surface area (Å²) in [4.78, 5) is 31.2. The molecular weight excluding hydrogens is 368 g/mol. The van der Waals surface area contributed by atoms with Crippen LogP contribution in [0.3, 0.4) is 0 Å². The number of hydrogen-bond donors (Lipinski definition) is 2. The molecule has 29 heavy (non-hydrogen) atoms. The molecule has 2 unspecified atom stereocenters. The smallest absolute Gasteiger partial charge is 0.254 e. The molecule has 0 spiro atoms. The first-order chi connectivity index (χ1) is 14.1. The highest BCUT2D eigenvalue weighted by molar-refractivity contribution is 5.96. The normalized spacial score (nSPS) is 21.9. The summed E-state index contributed by atoms with van der Waals surface area (Å²) in [5.41, 5.74) is 2.52. The number of carbonyl (C=O) groups excluding carboxylic acids is 2.